The molecule has 2 rings (SSSR count). The van der Waals surface area contributed by atoms with Gasteiger partial charge in [-0.3, -0.25) is 0 Å². The molecule has 0 aliphatic carbocycles. The van der Waals surface area contributed by atoms with E-state index in [2.05, 4.69) is 17.9 Å². The molecule has 156 valence electrons. The van der Waals surface area contributed by atoms with E-state index in [0.717, 1.165) is 24.7 Å². The molecule has 8 heteroatoms. The molecule has 30 heavy (non-hydrogen) atoms. The second-order valence-corrected chi connectivity index (χ2v) is 5.93. The lowest BCUT2D eigenvalue weighted by Crippen LogP contribution is -2.07. The van der Waals surface area contributed by atoms with Gasteiger partial charge in [0.2, 0.25) is 0 Å². The third-order valence-corrected chi connectivity index (χ3v) is 3.63. The second kappa shape index (κ2) is 9.60. The van der Waals surface area contributed by atoms with E-state index < -0.39 is 23.7 Å². The maximum atomic E-state index is 13.6. The normalized spacial score (nSPS) is 11.1. The highest BCUT2D eigenvalue weighted by molar-refractivity contribution is 5.87. The zero-order valence-corrected chi connectivity index (χ0v) is 15.9. The smallest absolute Gasteiger partial charge is 0.417 e. The number of ether oxygens (including phenoxy) is 3. The minimum atomic E-state index is -4.65. The van der Waals surface area contributed by atoms with Crippen LogP contribution in [-0.2, 0) is 20.5 Å². The van der Waals surface area contributed by atoms with Gasteiger partial charge in [-0.1, -0.05) is 31.4 Å². The molecule has 0 radical (unpaired) electrons. The summed E-state index contributed by atoms with van der Waals surface area (Å²) in [5, 5.41) is 0. The van der Waals surface area contributed by atoms with Crippen LogP contribution in [0.2, 0.25) is 0 Å². The van der Waals surface area contributed by atoms with E-state index in [1.807, 2.05) is 0 Å². The number of hydrogen-bond acceptors (Lipinski definition) is 5. The van der Waals surface area contributed by atoms with Gasteiger partial charge in [0.1, 0.15) is 24.0 Å². The molecule has 0 bridgehead atoms. The third kappa shape index (κ3) is 6.10. The van der Waals surface area contributed by atoms with Gasteiger partial charge < -0.3 is 14.2 Å². The van der Waals surface area contributed by atoms with E-state index in [1.54, 1.807) is 0 Å². The fourth-order valence-electron chi connectivity index (χ4n) is 2.24. The number of benzene rings is 2. The van der Waals surface area contributed by atoms with E-state index in [-0.39, 0.29) is 28.2 Å². The van der Waals surface area contributed by atoms with Crippen LogP contribution in [0, 0.1) is 0 Å². The summed E-state index contributed by atoms with van der Waals surface area (Å²) < 4.78 is 55.3. The largest absolute Gasteiger partial charge is 0.462 e. The second-order valence-electron chi connectivity index (χ2n) is 5.93. The van der Waals surface area contributed by atoms with Crippen LogP contribution in [0.3, 0.4) is 0 Å². The lowest BCUT2D eigenvalue weighted by Gasteiger charge is -2.15. The quantitative estimate of drug-likeness (QED) is 0.260. The maximum Gasteiger partial charge on any atom is 0.417 e. The molecule has 2 aromatic carbocycles. The molecule has 0 N–H and O–H groups in total. The van der Waals surface area contributed by atoms with Crippen molar-refractivity contribution in [2.24, 2.45) is 0 Å². The minimum Gasteiger partial charge on any atom is -0.462 e. The molecule has 0 aromatic heterocycles. The van der Waals surface area contributed by atoms with Crippen molar-refractivity contribution in [3.8, 4) is 22.6 Å². The average molecular weight is 418 g/mol. The van der Waals surface area contributed by atoms with E-state index in [1.165, 1.54) is 43.3 Å². The molecule has 0 fully saturated rings. The highest BCUT2D eigenvalue weighted by atomic mass is 19.4. The van der Waals surface area contributed by atoms with Gasteiger partial charge in [-0.05, 0) is 42.3 Å². The van der Waals surface area contributed by atoms with Crippen molar-refractivity contribution in [3.05, 3.63) is 85.4 Å². The first-order chi connectivity index (χ1) is 14.1. The van der Waals surface area contributed by atoms with Crippen LogP contribution < -0.4 is 9.47 Å². The molecule has 0 aliphatic heterocycles. The van der Waals surface area contributed by atoms with Crippen molar-refractivity contribution in [2.45, 2.75) is 13.1 Å². The third-order valence-electron chi connectivity index (χ3n) is 3.63. The van der Waals surface area contributed by atoms with Gasteiger partial charge in [-0.2, -0.15) is 13.2 Å². The zero-order chi connectivity index (χ0) is 22.3. The number of halogens is 3. The summed E-state index contributed by atoms with van der Waals surface area (Å²) in [5.41, 5.74) is -0.593. The van der Waals surface area contributed by atoms with Gasteiger partial charge in [-0.25, -0.2) is 9.59 Å². The number of alkyl halides is 3. The van der Waals surface area contributed by atoms with Crippen molar-refractivity contribution in [3.63, 3.8) is 0 Å². The number of hydrogen-bond donors (Lipinski definition) is 0. The Morgan fingerprint density at radius 3 is 2.20 bits per heavy atom. The molecule has 0 saturated carbocycles. The maximum absolute atomic E-state index is 13.6. The molecule has 0 spiro atoms. The predicted molar refractivity (Wildman–Crippen MR) is 103 cm³/mol. The highest BCUT2D eigenvalue weighted by Gasteiger charge is 2.34. The number of carbonyl (C=O) groups is 2. The summed E-state index contributed by atoms with van der Waals surface area (Å²) in [6.07, 6.45) is -1.83. The number of rotatable bonds is 7. The van der Waals surface area contributed by atoms with Crippen LogP contribution in [0.1, 0.15) is 12.5 Å². The Labute approximate surface area is 170 Å². The van der Waals surface area contributed by atoms with Crippen molar-refractivity contribution in [1.82, 2.24) is 0 Å². The number of carbonyl (C=O) groups excluding carboxylic acids is 2. The molecule has 0 atom stereocenters. The number of esters is 2. The molecule has 0 saturated heterocycles. The van der Waals surface area contributed by atoms with E-state index >= 15 is 0 Å². The monoisotopic (exact) mass is 418 g/mol. The van der Waals surface area contributed by atoms with Gasteiger partial charge >= 0.3 is 18.1 Å². The van der Waals surface area contributed by atoms with Crippen molar-refractivity contribution in [2.75, 3.05) is 0 Å². The predicted octanol–water partition coefficient (Wildman–Crippen LogP) is 5.43. The molecular weight excluding hydrogens is 401 g/mol. The minimum absolute atomic E-state index is 0.0888. The van der Waals surface area contributed by atoms with Crippen LogP contribution in [0.4, 0.5) is 13.2 Å². The first-order valence-electron chi connectivity index (χ1n) is 8.46. The summed E-state index contributed by atoms with van der Waals surface area (Å²) >= 11 is 0. The molecule has 5 nitrogen and oxygen atoms in total. The Bertz CT molecular complexity index is 989. The van der Waals surface area contributed by atoms with Crippen molar-refractivity contribution < 1.29 is 37.0 Å². The molecular formula is C22H17F3O5. The Kier molecular flexibility index (Phi) is 7.19. The van der Waals surface area contributed by atoms with E-state index in [9.17, 15) is 22.8 Å². The molecule has 0 amide bonds. The van der Waals surface area contributed by atoms with E-state index in [4.69, 9.17) is 9.47 Å². The highest BCUT2D eigenvalue weighted by Crippen LogP contribution is 2.39. The lowest BCUT2D eigenvalue weighted by molar-refractivity contribution is -0.137. The molecule has 0 heterocycles. The van der Waals surface area contributed by atoms with Gasteiger partial charge in [0.15, 0.2) is 0 Å². The summed E-state index contributed by atoms with van der Waals surface area (Å²) in [7, 11) is 0. The van der Waals surface area contributed by atoms with Crippen molar-refractivity contribution in [1.29, 1.82) is 0 Å². The molecule has 0 unspecified atom stereocenters. The van der Waals surface area contributed by atoms with Crippen molar-refractivity contribution >= 4 is 11.9 Å². The van der Waals surface area contributed by atoms with Gasteiger partial charge in [0, 0.05) is 11.6 Å². The van der Waals surface area contributed by atoms with Crippen LogP contribution >= 0.6 is 0 Å². The molecule has 2 aromatic rings. The topological polar surface area (TPSA) is 61.8 Å². The summed E-state index contributed by atoms with van der Waals surface area (Å²) in [6.45, 7) is 8.10. The van der Waals surface area contributed by atoms with Crippen LogP contribution in [0.5, 0.6) is 11.5 Å². The SMILES string of the molecule is C=CC(=O)Oc1ccc(-c2ccc(OC=COC(=O)C(=C)C)cc2C(F)(F)F)cc1. The first-order valence-corrected chi connectivity index (χ1v) is 8.46. The van der Waals surface area contributed by atoms with Gasteiger partial charge in [0.25, 0.3) is 0 Å². The Morgan fingerprint density at radius 2 is 1.63 bits per heavy atom. The van der Waals surface area contributed by atoms with Gasteiger partial charge in [0.05, 0.1) is 5.56 Å². The van der Waals surface area contributed by atoms with Crippen LogP contribution in [-0.4, -0.2) is 11.9 Å². The van der Waals surface area contributed by atoms with Crippen LogP contribution in [0.15, 0.2) is 79.8 Å². The fraction of sp³-hybridized carbons (Fsp3) is 0.0909. The molecule has 0 aliphatic rings. The average Bonchev–Trinajstić information content (AvgIpc) is 2.70. The Morgan fingerprint density at radius 1 is 1.00 bits per heavy atom. The summed E-state index contributed by atoms with van der Waals surface area (Å²) in [6, 6.07) is 8.95. The Hall–Kier alpha value is -3.81. The first kappa shape index (κ1) is 22.5. The van der Waals surface area contributed by atoms with Gasteiger partial charge in [-0.15, -0.1) is 0 Å². The summed E-state index contributed by atoms with van der Waals surface area (Å²) in [4.78, 5) is 22.4. The zero-order valence-electron chi connectivity index (χ0n) is 15.9. The fourth-order valence-corrected chi connectivity index (χ4v) is 2.24. The van der Waals surface area contributed by atoms with E-state index in [0.29, 0.717) is 0 Å². The summed E-state index contributed by atoms with van der Waals surface area (Å²) in [5.74, 6) is -1.30. The van der Waals surface area contributed by atoms with Crippen LogP contribution in [0.25, 0.3) is 11.1 Å². The standard InChI is InChI=1S/C22H17F3O5/c1-4-20(26)30-16-7-5-15(6-8-16)18-10-9-17(13-19(18)22(23,24)25)28-11-12-29-21(27)14(2)3/h4-13H,1-2H2,3H3. The lowest BCUT2D eigenvalue weighted by atomic mass is 9.99. The Balaban J connectivity index is 2.25.